The maximum atomic E-state index is 12.7. The number of halogens is 2. The van der Waals surface area contributed by atoms with Crippen LogP contribution in [0.5, 0.6) is 0 Å². The molecule has 0 amide bonds. The predicted octanol–water partition coefficient (Wildman–Crippen LogP) is 3.42. The number of rotatable bonds is 4. The summed E-state index contributed by atoms with van der Waals surface area (Å²) in [7, 11) is 0. The van der Waals surface area contributed by atoms with Gasteiger partial charge in [-0.2, -0.15) is 16.9 Å². The minimum atomic E-state index is -0.879. The Balaban J connectivity index is 1.60. The maximum Gasteiger partial charge on any atom is 0.365 e. The number of thioether (sulfide) groups is 1. The van der Waals surface area contributed by atoms with Crippen LogP contribution in [0.1, 0.15) is 12.8 Å². The molecule has 5 rings (SSSR count). The minimum Gasteiger partial charge on any atom is -0.354 e. The van der Waals surface area contributed by atoms with Crippen LogP contribution in [0.2, 0.25) is 10.0 Å². The number of nitrogens with zero attached hydrogens (tertiary/aromatic N) is 6. The molecule has 178 valence electrons. The van der Waals surface area contributed by atoms with Gasteiger partial charge in [0.25, 0.3) is 11.1 Å². The summed E-state index contributed by atoms with van der Waals surface area (Å²) in [5.41, 5.74) is 0.0378. The van der Waals surface area contributed by atoms with Crippen molar-refractivity contribution in [3.8, 4) is 11.4 Å². The van der Waals surface area contributed by atoms with Gasteiger partial charge in [-0.3, -0.25) is 14.6 Å². The minimum absolute atomic E-state index is 0.0954. The molecule has 4 aromatic rings. The number of pyridine rings is 1. The lowest BCUT2D eigenvalue weighted by Gasteiger charge is -2.22. The third-order valence-electron chi connectivity index (χ3n) is 5.88. The number of benzene rings is 1. The number of H-pyrrole nitrogens is 1. The van der Waals surface area contributed by atoms with Gasteiger partial charge in [0.15, 0.2) is 0 Å². The molecule has 1 aliphatic rings. The van der Waals surface area contributed by atoms with Gasteiger partial charge in [-0.05, 0) is 53.6 Å². The van der Waals surface area contributed by atoms with E-state index in [9.17, 15) is 14.4 Å². The van der Waals surface area contributed by atoms with E-state index in [0.29, 0.717) is 29.2 Å². The van der Waals surface area contributed by atoms with Crippen molar-refractivity contribution in [2.75, 3.05) is 11.5 Å². The first-order chi connectivity index (χ1) is 16.9. The van der Waals surface area contributed by atoms with Crippen LogP contribution in [0, 0.1) is 12.5 Å². The summed E-state index contributed by atoms with van der Waals surface area (Å²) in [6.45, 7) is 7.67. The molecule has 35 heavy (non-hydrogen) atoms. The molecular formula is C22H17Cl2N7O3S. The smallest absolute Gasteiger partial charge is 0.354 e. The fourth-order valence-electron chi connectivity index (χ4n) is 4.14. The molecular weight excluding hydrogens is 513 g/mol. The Morgan fingerprint density at radius 2 is 1.80 bits per heavy atom. The lowest BCUT2D eigenvalue weighted by Crippen LogP contribution is -2.30. The highest BCUT2D eigenvalue weighted by Crippen LogP contribution is 2.33. The van der Waals surface area contributed by atoms with E-state index in [1.807, 2.05) is 16.7 Å². The topological polar surface area (TPSA) is 112 Å². The fraction of sp³-hybridized carbons (Fsp3) is 0.273. The van der Waals surface area contributed by atoms with Gasteiger partial charge < -0.3 is 9.41 Å². The monoisotopic (exact) mass is 529 g/mol. The molecule has 0 radical (unpaired) electrons. The van der Waals surface area contributed by atoms with E-state index >= 15 is 0 Å². The number of hydrogen-bond acceptors (Lipinski definition) is 6. The number of hydrogen-bond donors (Lipinski definition) is 1. The SMILES string of the molecule is [C-]#[N+]c1nn(-c2cc(Cl)c(-n3ncc4c3ccc(=O)n4CC3CCSCC3)c(Cl)c2)c(=O)[nH]c1=O. The molecule has 0 saturated carbocycles. The molecule has 0 atom stereocenters. The van der Waals surface area contributed by atoms with Crippen molar-refractivity contribution in [3.63, 3.8) is 0 Å². The van der Waals surface area contributed by atoms with E-state index in [0.717, 1.165) is 29.0 Å². The molecule has 1 fully saturated rings. The number of aromatic nitrogens is 6. The van der Waals surface area contributed by atoms with Gasteiger partial charge in [0.1, 0.15) is 5.69 Å². The van der Waals surface area contributed by atoms with Crippen molar-refractivity contribution in [3.05, 3.63) is 83.1 Å². The van der Waals surface area contributed by atoms with Gasteiger partial charge in [-0.1, -0.05) is 29.8 Å². The van der Waals surface area contributed by atoms with Crippen LogP contribution in [-0.4, -0.2) is 40.6 Å². The third-order valence-corrected chi connectivity index (χ3v) is 7.51. The second kappa shape index (κ2) is 9.37. The molecule has 1 N–H and O–H groups in total. The number of nitrogens with one attached hydrogen (secondary N) is 1. The van der Waals surface area contributed by atoms with Gasteiger partial charge in [0.05, 0.1) is 33.0 Å². The van der Waals surface area contributed by atoms with Crippen molar-refractivity contribution >= 4 is 51.8 Å². The lowest BCUT2D eigenvalue weighted by atomic mass is 10.0. The number of aromatic amines is 1. The molecule has 1 aromatic carbocycles. The van der Waals surface area contributed by atoms with Crippen LogP contribution in [0.4, 0.5) is 5.82 Å². The quantitative estimate of drug-likeness (QED) is 0.405. The van der Waals surface area contributed by atoms with Gasteiger partial charge in [0, 0.05) is 12.6 Å². The molecule has 4 heterocycles. The Kier molecular flexibility index (Phi) is 6.27. The van der Waals surface area contributed by atoms with Gasteiger partial charge >= 0.3 is 11.5 Å². The van der Waals surface area contributed by atoms with E-state index in [-0.39, 0.29) is 21.3 Å². The fourth-order valence-corrected chi connectivity index (χ4v) is 5.98. The molecule has 1 saturated heterocycles. The summed E-state index contributed by atoms with van der Waals surface area (Å²) in [5, 5.41) is 8.55. The molecule has 1 aliphatic heterocycles. The van der Waals surface area contributed by atoms with E-state index in [4.69, 9.17) is 29.8 Å². The summed E-state index contributed by atoms with van der Waals surface area (Å²) in [6, 6.07) is 6.05. The summed E-state index contributed by atoms with van der Waals surface area (Å²) >= 11 is 15.1. The highest BCUT2D eigenvalue weighted by Gasteiger charge is 2.21. The zero-order valence-electron chi connectivity index (χ0n) is 18.1. The second-order valence-corrected chi connectivity index (χ2v) is 10.1. The van der Waals surface area contributed by atoms with E-state index in [2.05, 4.69) is 15.0 Å². The van der Waals surface area contributed by atoms with Crippen LogP contribution in [-0.2, 0) is 6.54 Å². The van der Waals surface area contributed by atoms with E-state index in [1.54, 1.807) is 21.5 Å². The highest BCUT2D eigenvalue weighted by atomic mass is 35.5. The van der Waals surface area contributed by atoms with Gasteiger partial charge in [-0.25, -0.2) is 9.48 Å². The normalized spacial score (nSPS) is 14.3. The average Bonchev–Trinajstić information content (AvgIpc) is 3.25. The molecule has 0 unspecified atom stereocenters. The first kappa shape index (κ1) is 23.4. The largest absolute Gasteiger partial charge is 0.365 e. The first-order valence-corrected chi connectivity index (χ1v) is 12.5. The Bertz CT molecular complexity index is 1650. The van der Waals surface area contributed by atoms with Crippen LogP contribution >= 0.6 is 35.0 Å². The van der Waals surface area contributed by atoms with Crippen LogP contribution in [0.15, 0.2) is 44.8 Å². The van der Waals surface area contributed by atoms with Crippen LogP contribution in [0.25, 0.3) is 27.3 Å². The molecule has 10 nitrogen and oxygen atoms in total. The molecule has 3 aromatic heterocycles. The van der Waals surface area contributed by atoms with E-state index < -0.39 is 17.1 Å². The molecule has 0 bridgehead atoms. The zero-order valence-corrected chi connectivity index (χ0v) is 20.4. The maximum absolute atomic E-state index is 12.7. The number of fused-ring (bicyclic) bond motifs is 1. The zero-order chi connectivity index (χ0) is 24.7. The molecule has 13 heteroatoms. The Morgan fingerprint density at radius 1 is 1.09 bits per heavy atom. The van der Waals surface area contributed by atoms with E-state index in [1.165, 1.54) is 18.2 Å². The second-order valence-electron chi connectivity index (χ2n) is 8.03. The highest BCUT2D eigenvalue weighted by molar-refractivity contribution is 7.99. The van der Waals surface area contributed by atoms with Crippen molar-refractivity contribution in [1.29, 1.82) is 0 Å². The van der Waals surface area contributed by atoms with Crippen molar-refractivity contribution < 1.29 is 0 Å². The standard InChI is InChI=1S/C22H17Cl2N7O3S/c1-25-20-21(33)27-22(34)30(28-20)13-8-14(23)19(15(24)9-13)31-16-2-3-18(32)29(17(16)10-26-31)11-12-4-6-35-7-5-12/h2-3,8-10,12H,4-7,11H2,(H,27,33,34). The van der Waals surface area contributed by atoms with Crippen LogP contribution in [0.3, 0.4) is 0 Å². The third kappa shape index (κ3) is 4.29. The van der Waals surface area contributed by atoms with Crippen molar-refractivity contribution in [1.82, 2.24) is 29.1 Å². The Hall–Kier alpha value is -3.33. The Morgan fingerprint density at radius 3 is 2.49 bits per heavy atom. The molecule has 0 spiro atoms. The summed E-state index contributed by atoms with van der Waals surface area (Å²) in [4.78, 5) is 41.7. The summed E-state index contributed by atoms with van der Waals surface area (Å²) in [5.74, 6) is 2.12. The van der Waals surface area contributed by atoms with Crippen molar-refractivity contribution in [2.24, 2.45) is 5.92 Å². The lowest BCUT2D eigenvalue weighted by molar-refractivity contribution is 0.417. The van der Waals surface area contributed by atoms with Crippen molar-refractivity contribution in [2.45, 2.75) is 19.4 Å². The Labute approximate surface area is 211 Å². The first-order valence-electron chi connectivity index (χ1n) is 10.6. The summed E-state index contributed by atoms with van der Waals surface area (Å²) < 4.78 is 4.13. The van der Waals surface area contributed by atoms with Gasteiger partial charge in [-0.15, -0.1) is 4.68 Å². The van der Waals surface area contributed by atoms with Gasteiger partial charge in [0.2, 0.25) is 0 Å². The predicted molar refractivity (Wildman–Crippen MR) is 136 cm³/mol. The average molecular weight is 530 g/mol. The summed E-state index contributed by atoms with van der Waals surface area (Å²) in [6.07, 6.45) is 3.74. The molecule has 0 aliphatic carbocycles. The van der Waals surface area contributed by atoms with Crippen LogP contribution < -0.4 is 16.8 Å².